The van der Waals surface area contributed by atoms with E-state index in [1.165, 1.54) is 10.4 Å². The van der Waals surface area contributed by atoms with E-state index in [1.807, 2.05) is 4.90 Å². The van der Waals surface area contributed by atoms with Crippen LogP contribution < -0.4 is 14.4 Å². The first-order valence-electron chi connectivity index (χ1n) is 13.1. The first-order chi connectivity index (χ1) is 20.1. The normalized spacial score (nSPS) is 15.4. The number of aliphatic carboxylic acids is 1. The minimum absolute atomic E-state index is 0.153. The Morgan fingerprint density at radius 2 is 1.67 bits per heavy atom. The van der Waals surface area contributed by atoms with Crippen molar-refractivity contribution in [3.8, 4) is 23.8 Å². The second-order valence-corrected chi connectivity index (χ2v) is 11.4. The maximum Gasteiger partial charge on any atom is 0.573 e. The Labute approximate surface area is 247 Å². The number of alkyl halides is 3. The topological polar surface area (TPSA) is 143 Å². The number of amides is 1. The van der Waals surface area contributed by atoms with E-state index in [4.69, 9.17) is 5.26 Å². The van der Waals surface area contributed by atoms with Crippen LogP contribution in [0.3, 0.4) is 0 Å². The van der Waals surface area contributed by atoms with Gasteiger partial charge >= 0.3 is 12.3 Å². The standard InChI is InChI=1S/C28H30F3N5O6S/c1-4-19(2)25(27(38)39)33-43(40,41)36-15-13-35(14-16-36)22-10-7-20(8-11-22)5-6-21-9-12-24(42-28(29,30)31)23(17-21)26(37)34(3)18-32/h7-12,17,19,25,33H,4,13-16H2,1-3H3,(H,38,39)/t19?,25-/m1/s1. The molecule has 0 aliphatic carbocycles. The fourth-order valence-corrected chi connectivity index (χ4v) is 5.63. The van der Waals surface area contributed by atoms with Crippen LogP contribution in [0.25, 0.3) is 0 Å². The molecule has 1 heterocycles. The molecule has 0 spiro atoms. The Bertz CT molecular complexity index is 1540. The molecule has 0 radical (unpaired) electrons. The second kappa shape index (κ2) is 13.8. The van der Waals surface area contributed by atoms with Gasteiger partial charge in [-0.15, -0.1) is 13.2 Å². The molecule has 1 unspecified atom stereocenters. The van der Waals surface area contributed by atoms with Gasteiger partial charge in [0.2, 0.25) is 0 Å². The van der Waals surface area contributed by atoms with Crippen molar-refractivity contribution in [2.75, 3.05) is 38.1 Å². The summed E-state index contributed by atoms with van der Waals surface area (Å²) in [6.45, 7) is 4.50. The zero-order valence-corrected chi connectivity index (χ0v) is 24.4. The number of rotatable bonds is 9. The number of hydrogen-bond donors (Lipinski definition) is 2. The van der Waals surface area contributed by atoms with Crippen LogP contribution in [0.5, 0.6) is 5.75 Å². The smallest absolute Gasteiger partial charge is 0.480 e. The highest BCUT2D eigenvalue weighted by atomic mass is 32.2. The molecular formula is C28H30F3N5O6S. The molecule has 1 fully saturated rings. The van der Waals surface area contributed by atoms with Gasteiger partial charge in [-0.1, -0.05) is 32.1 Å². The minimum atomic E-state index is -5.04. The number of carboxylic acids is 1. The zero-order chi connectivity index (χ0) is 31.9. The van der Waals surface area contributed by atoms with E-state index >= 15 is 0 Å². The van der Waals surface area contributed by atoms with E-state index in [9.17, 15) is 36.3 Å². The summed E-state index contributed by atoms with van der Waals surface area (Å²) in [4.78, 5) is 26.5. The third-order valence-electron chi connectivity index (χ3n) is 6.81. The highest BCUT2D eigenvalue weighted by Crippen LogP contribution is 2.28. The summed E-state index contributed by atoms with van der Waals surface area (Å²) in [5.74, 6) is 2.30. The van der Waals surface area contributed by atoms with E-state index in [2.05, 4.69) is 21.3 Å². The molecule has 2 N–H and O–H groups in total. The van der Waals surface area contributed by atoms with Crippen LogP contribution in [0.15, 0.2) is 42.5 Å². The molecule has 1 amide bonds. The summed E-state index contributed by atoms with van der Waals surface area (Å²) in [6.07, 6.45) is -3.00. The van der Waals surface area contributed by atoms with Crippen LogP contribution >= 0.6 is 0 Å². The van der Waals surface area contributed by atoms with Gasteiger partial charge in [-0.3, -0.25) is 9.59 Å². The average Bonchev–Trinajstić information content (AvgIpc) is 2.97. The molecule has 43 heavy (non-hydrogen) atoms. The SMILES string of the molecule is CCC(C)[C@@H](NS(=O)(=O)N1CCN(c2ccc(C#Cc3ccc(OC(F)(F)F)c(C(=O)N(C)C#N)c3)cc2)CC1)C(=O)O. The quantitative estimate of drug-likeness (QED) is 0.247. The Kier molecular flexibility index (Phi) is 10.6. The number of hydrogen-bond acceptors (Lipinski definition) is 7. The second-order valence-electron chi connectivity index (χ2n) is 9.73. The number of carbonyl (C=O) groups is 2. The van der Waals surface area contributed by atoms with Gasteiger partial charge in [-0.25, -0.2) is 4.90 Å². The maximum atomic E-state index is 12.8. The zero-order valence-electron chi connectivity index (χ0n) is 23.6. The number of nitriles is 1. The van der Waals surface area contributed by atoms with Crippen LogP contribution in [-0.4, -0.2) is 80.2 Å². The van der Waals surface area contributed by atoms with E-state index in [0.29, 0.717) is 30.0 Å². The molecule has 2 aromatic carbocycles. The van der Waals surface area contributed by atoms with Gasteiger partial charge in [0.1, 0.15) is 11.8 Å². The molecule has 2 aromatic rings. The van der Waals surface area contributed by atoms with Crippen LogP contribution in [-0.2, 0) is 15.0 Å². The average molecular weight is 622 g/mol. The number of ether oxygens (including phenoxy) is 1. The molecule has 230 valence electrons. The highest BCUT2D eigenvalue weighted by molar-refractivity contribution is 7.87. The fraction of sp³-hybridized carbons (Fsp3) is 0.393. The molecule has 11 nitrogen and oxygen atoms in total. The number of nitrogens with zero attached hydrogens (tertiary/aromatic N) is 4. The van der Waals surface area contributed by atoms with Gasteiger partial charge < -0.3 is 14.7 Å². The number of carbonyl (C=O) groups excluding carboxylic acids is 1. The number of benzene rings is 2. The van der Waals surface area contributed by atoms with E-state index in [0.717, 1.165) is 24.9 Å². The van der Waals surface area contributed by atoms with Crippen molar-refractivity contribution in [1.29, 1.82) is 5.26 Å². The number of carboxylic acid groups (broad SMARTS) is 1. The number of halogens is 3. The third kappa shape index (κ3) is 8.84. The lowest BCUT2D eigenvalue weighted by atomic mass is 10.0. The molecule has 15 heteroatoms. The van der Waals surface area contributed by atoms with E-state index in [1.54, 1.807) is 44.3 Å². The van der Waals surface area contributed by atoms with Gasteiger partial charge in [0.05, 0.1) is 5.56 Å². The summed E-state index contributed by atoms with van der Waals surface area (Å²) < 4.78 is 71.5. The highest BCUT2D eigenvalue weighted by Gasteiger charge is 2.34. The lowest BCUT2D eigenvalue weighted by Crippen LogP contribution is -2.56. The van der Waals surface area contributed by atoms with Crippen molar-refractivity contribution >= 4 is 27.8 Å². The summed E-state index contributed by atoms with van der Waals surface area (Å²) >= 11 is 0. The van der Waals surface area contributed by atoms with Crippen molar-refractivity contribution in [3.05, 3.63) is 59.2 Å². The van der Waals surface area contributed by atoms with Crippen LogP contribution in [0.1, 0.15) is 41.8 Å². The Morgan fingerprint density at radius 3 is 2.21 bits per heavy atom. The van der Waals surface area contributed by atoms with Gasteiger partial charge in [0.25, 0.3) is 16.1 Å². The third-order valence-corrected chi connectivity index (χ3v) is 8.40. The van der Waals surface area contributed by atoms with Crippen molar-refractivity contribution < 1.29 is 41.0 Å². The van der Waals surface area contributed by atoms with Crippen molar-refractivity contribution in [1.82, 2.24) is 13.9 Å². The molecule has 2 atom stereocenters. The Hall–Kier alpha value is -4.31. The summed E-state index contributed by atoms with van der Waals surface area (Å²) in [5.41, 5.74) is 1.12. The van der Waals surface area contributed by atoms with Crippen LogP contribution in [0, 0.1) is 29.2 Å². The van der Waals surface area contributed by atoms with E-state index in [-0.39, 0.29) is 24.6 Å². The first kappa shape index (κ1) is 33.2. The Morgan fingerprint density at radius 1 is 1.09 bits per heavy atom. The summed E-state index contributed by atoms with van der Waals surface area (Å²) in [7, 11) is -2.89. The van der Waals surface area contributed by atoms with Gasteiger partial charge in [0.15, 0.2) is 6.19 Å². The maximum absolute atomic E-state index is 12.8. The molecule has 1 aliphatic heterocycles. The molecule has 3 rings (SSSR count). The summed E-state index contributed by atoms with van der Waals surface area (Å²) in [5, 5.41) is 18.4. The summed E-state index contributed by atoms with van der Waals surface area (Å²) in [6, 6.07) is 9.11. The molecule has 1 aliphatic rings. The first-order valence-corrected chi connectivity index (χ1v) is 14.5. The number of anilines is 1. The van der Waals surface area contributed by atoms with Gasteiger partial charge in [0, 0.05) is 50.0 Å². The number of piperazine rings is 1. The molecule has 0 saturated carbocycles. The molecule has 0 aromatic heterocycles. The predicted octanol–water partition coefficient (Wildman–Crippen LogP) is 2.99. The van der Waals surface area contributed by atoms with Crippen molar-refractivity contribution in [2.24, 2.45) is 5.92 Å². The van der Waals surface area contributed by atoms with Crippen LogP contribution in [0.4, 0.5) is 18.9 Å². The predicted molar refractivity (Wildman–Crippen MR) is 150 cm³/mol. The van der Waals surface area contributed by atoms with Crippen molar-refractivity contribution in [2.45, 2.75) is 32.7 Å². The lowest BCUT2D eigenvalue weighted by Gasteiger charge is -2.36. The minimum Gasteiger partial charge on any atom is -0.480 e. The van der Waals surface area contributed by atoms with Gasteiger partial charge in [-0.2, -0.15) is 22.7 Å². The largest absolute Gasteiger partial charge is 0.573 e. The lowest BCUT2D eigenvalue weighted by molar-refractivity contribution is -0.274. The fourth-order valence-electron chi connectivity index (χ4n) is 4.18. The molecular weight excluding hydrogens is 591 g/mol. The van der Waals surface area contributed by atoms with Crippen LogP contribution in [0.2, 0.25) is 0 Å². The monoisotopic (exact) mass is 621 g/mol. The number of nitrogens with one attached hydrogen (secondary N) is 1. The van der Waals surface area contributed by atoms with Gasteiger partial charge in [-0.05, 0) is 48.4 Å². The van der Waals surface area contributed by atoms with E-state index < -0.39 is 45.8 Å². The Balaban J connectivity index is 1.69. The molecule has 1 saturated heterocycles. The van der Waals surface area contributed by atoms with Crippen molar-refractivity contribution in [3.63, 3.8) is 0 Å². The molecule has 0 bridgehead atoms.